The Bertz CT molecular complexity index is 1000. The summed E-state index contributed by atoms with van der Waals surface area (Å²) < 4.78 is 66.7. The molecule has 0 aliphatic carbocycles. The first-order chi connectivity index (χ1) is 13.4. The molecule has 0 aliphatic rings. The molecule has 0 bridgehead atoms. The van der Waals surface area contributed by atoms with Crippen molar-refractivity contribution >= 4 is 21.8 Å². The van der Waals surface area contributed by atoms with Gasteiger partial charge in [0, 0.05) is 6.07 Å². The number of nitro groups is 1. The van der Waals surface area contributed by atoms with Crippen molar-refractivity contribution in [2.75, 3.05) is 6.54 Å². The van der Waals surface area contributed by atoms with Crippen molar-refractivity contribution in [2.45, 2.75) is 31.1 Å². The van der Waals surface area contributed by atoms with E-state index < -0.39 is 52.6 Å². The Morgan fingerprint density at radius 3 is 2.38 bits per heavy atom. The van der Waals surface area contributed by atoms with Gasteiger partial charge in [0.2, 0.25) is 0 Å². The predicted molar refractivity (Wildman–Crippen MR) is 93.3 cm³/mol. The van der Waals surface area contributed by atoms with E-state index >= 15 is 0 Å². The maximum atomic E-state index is 12.2. The number of halogens is 3. The van der Waals surface area contributed by atoms with Gasteiger partial charge in [-0.05, 0) is 30.0 Å². The lowest BCUT2D eigenvalue weighted by molar-refractivity contribution is -0.392. The highest BCUT2D eigenvalue weighted by atomic mass is 32.2. The first-order valence-electron chi connectivity index (χ1n) is 8.01. The van der Waals surface area contributed by atoms with Crippen LogP contribution >= 0.6 is 0 Å². The molecule has 0 radical (unpaired) electrons. The summed E-state index contributed by atoms with van der Waals surface area (Å²) in [5.74, 6) is -1.73. The number of rotatable bonds is 8. The summed E-state index contributed by atoms with van der Waals surface area (Å²) in [6.07, 6.45) is -4.65. The number of nitrogens with zero attached hydrogens (tertiary/aromatic N) is 2. The van der Waals surface area contributed by atoms with Crippen LogP contribution in [0.3, 0.4) is 0 Å². The van der Waals surface area contributed by atoms with Crippen molar-refractivity contribution in [3.05, 3.63) is 57.8 Å². The van der Waals surface area contributed by atoms with Gasteiger partial charge in [0.25, 0.3) is 16.0 Å². The molecule has 0 atom stereocenters. The molecule has 1 aromatic carbocycles. The highest BCUT2D eigenvalue weighted by Gasteiger charge is 2.29. The van der Waals surface area contributed by atoms with Gasteiger partial charge >= 0.3 is 12.0 Å². The van der Waals surface area contributed by atoms with E-state index in [0.717, 1.165) is 22.3 Å². The lowest BCUT2D eigenvalue weighted by Crippen LogP contribution is -2.36. The van der Waals surface area contributed by atoms with Crippen LogP contribution in [0.2, 0.25) is 0 Å². The number of aryl methyl sites for hydroxylation is 1. The van der Waals surface area contributed by atoms with Crippen LogP contribution in [-0.4, -0.2) is 36.5 Å². The van der Waals surface area contributed by atoms with Gasteiger partial charge in [0.1, 0.15) is 18.8 Å². The molecule has 0 unspecified atom stereocenters. The maximum Gasteiger partial charge on any atom is 0.405 e. The van der Waals surface area contributed by atoms with Crippen LogP contribution in [0.5, 0.6) is 0 Å². The minimum absolute atomic E-state index is 0.0745. The number of hydrogen-bond acceptors (Lipinski definition) is 6. The smallest absolute Gasteiger partial charge is 0.358 e. The Balaban J connectivity index is 2.17. The fourth-order valence-electron chi connectivity index (χ4n) is 2.28. The number of benzene rings is 1. The summed E-state index contributed by atoms with van der Waals surface area (Å²) >= 11 is 0. The summed E-state index contributed by atoms with van der Waals surface area (Å²) in [6, 6.07) is 7.88. The zero-order valence-corrected chi connectivity index (χ0v) is 15.8. The van der Waals surface area contributed by atoms with Gasteiger partial charge in [0.05, 0.1) is 4.90 Å². The summed E-state index contributed by atoms with van der Waals surface area (Å²) in [7, 11) is -4.19. The second-order valence-corrected chi connectivity index (χ2v) is 7.56. The zero-order chi connectivity index (χ0) is 21.8. The first kappa shape index (κ1) is 22.4. The number of aromatic nitrogens is 1. The lowest BCUT2D eigenvalue weighted by Gasteiger charge is -2.10. The molecule has 13 heteroatoms. The van der Waals surface area contributed by atoms with Crippen molar-refractivity contribution in [3.63, 3.8) is 0 Å². The zero-order valence-electron chi connectivity index (χ0n) is 15.0. The van der Waals surface area contributed by atoms with Crippen LogP contribution in [0.25, 0.3) is 0 Å². The third-order valence-electron chi connectivity index (χ3n) is 3.69. The van der Waals surface area contributed by atoms with Gasteiger partial charge in [-0.15, -0.1) is 0 Å². The average Bonchev–Trinajstić information content (AvgIpc) is 3.01. The van der Waals surface area contributed by atoms with E-state index in [1.807, 2.05) is 0 Å². The van der Waals surface area contributed by atoms with Crippen LogP contribution in [0, 0.1) is 17.0 Å². The van der Waals surface area contributed by atoms with E-state index in [9.17, 15) is 36.5 Å². The largest absolute Gasteiger partial charge is 0.405 e. The van der Waals surface area contributed by atoms with Gasteiger partial charge in [-0.25, -0.2) is 4.57 Å². The van der Waals surface area contributed by atoms with E-state index in [2.05, 4.69) is 0 Å². The van der Waals surface area contributed by atoms with Gasteiger partial charge in [-0.2, -0.15) is 21.6 Å². The van der Waals surface area contributed by atoms with E-state index in [-0.39, 0.29) is 10.6 Å². The molecule has 2 rings (SSSR count). The SMILES string of the molecule is Cc1ccc(S(=O)(=O)OCc2ccc([N+](=O)[O-])n2CC(=O)NCC(F)(F)F)cc1. The molecule has 158 valence electrons. The maximum absolute atomic E-state index is 12.2. The average molecular weight is 435 g/mol. The van der Waals surface area contributed by atoms with Crippen molar-refractivity contribution in [2.24, 2.45) is 0 Å². The number of carbonyl (C=O) groups is 1. The van der Waals surface area contributed by atoms with Gasteiger partial charge in [-0.1, -0.05) is 17.7 Å². The summed E-state index contributed by atoms with van der Waals surface area (Å²) in [4.78, 5) is 21.8. The molecular weight excluding hydrogens is 419 g/mol. The molecule has 1 aromatic heterocycles. The standard InChI is InChI=1S/C16H16F3N3O6S/c1-11-2-5-13(6-3-11)29(26,27)28-9-12-4-7-15(22(24)25)21(12)8-14(23)20-10-16(17,18)19/h2-7H,8-10H2,1H3,(H,20,23). The summed E-state index contributed by atoms with van der Waals surface area (Å²) in [5, 5.41) is 12.7. The Kier molecular flexibility index (Phi) is 6.64. The van der Waals surface area contributed by atoms with Crippen LogP contribution in [0.4, 0.5) is 19.0 Å². The van der Waals surface area contributed by atoms with Crippen LogP contribution in [-0.2, 0) is 32.2 Å². The molecule has 0 saturated carbocycles. The fourth-order valence-corrected chi connectivity index (χ4v) is 3.16. The first-order valence-corrected chi connectivity index (χ1v) is 9.42. The third-order valence-corrected chi connectivity index (χ3v) is 4.97. The van der Waals surface area contributed by atoms with Crippen LogP contribution in [0.15, 0.2) is 41.3 Å². The Morgan fingerprint density at radius 1 is 1.21 bits per heavy atom. The van der Waals surface area contributed by atoms with Crippen molar-refractivity contribution in [1.29, 1.82) is 0 Å². The molecule has 0 aliphatic heterocycles. The van der Waals surface area contributed by atoms with Gasteiger partial charge in [-0.3, -0.25) is 8.98 Å². The van der Waals surface area contributed by atoms with Gasteiger partial charge in [0.15, 0.2) is 6.54 Å². The predicted octanol–water partition coefficient (Wildman–Crippen LogP) is 2.29. The topological polar surface area (TPSA) is 121 Å². The lowest BCUT2D eigenvalue weighted by atomic mass is 10.2. The minimum Gasteiger partial charge on any atom is -0.358 e. The van der Waals surface area contributed by atoms with E-state index in [1.165, 1.54) is 12.1 Å². The monoisotopic (exact) mass is 435 g/mol. The Hall–Kier alpha value is -2.93. The second kappa shape index (κ2) is 8.61. The molecule has 2 aromatic rings. The minimum atomic E-state index is -4.65. The molecule has 1 heterocycles. The number of carbonyl (C=O) groups excluding carboxylic acids is 1. The van der Waals surface area contributed by atoms with E-state index in [4.69, 9.17) is 4.18 Å². The molecule has 1 amide bonds. The molecule has 29 heavy (non-hydrogen) atoms. The molecule has 0 spiro atoms. The number of alkyl halides is 3. The van der Waals surface area contributed by atoms with Gasteiger partial charge < -0.3 is 15.4 Å². The van der Waals surface area contributed by atoms with E-state index in [0.29, 0.717) is 0 Å². The molecular formula is C16H16F3N3O6S. The van der Waals surface area contributed by atoms with Crippen LogP contribution in [0.1, 0.15) is 11.3 Å². The van der Waals surface area contributed by atoms with Crippen molar-refractivity contribution < 1.29 is 35.5 Å². The highest BCUT2D eigenvalue weighted by molar-refractivity contribution is 7.86. The third kappa shape index (κ3) is 6.29. The number of amides is 1. The molecule has 9 nitrogen and oxygen atoms in total. The number of nitrogens with one attached hydrogen (secondary N) is 1. The normalized spacial score (nSPS) is 12.0. The molecule has 0 fully saturated rings. The summed E-state index contributed by atoms with van der Waals surface area (Å²) in [6.45, 7) is -1.32. The van der Waals surface area contributed by atoms with Crippen molar-refractivity contribution in [3.8, 4) is 0 Å². The molecule has 1 N–H and O–H groups in total. The quantitative estimate of drug-likeness (QED) is 0.386. The fraction of sp³-hybridized carbons (Fsp3) is 0.312. The number of hydrogen-bond donors (Lipinski definition) is 1. The van der Waals surface area contributed by atoms with Crippen molar-refractivity contribution in [1.82, 2.24) is 9.88 Å². The summed E-state index contributed by atoms with van der Waals surface area (Å²) in [5.41, 5.74) is 0.743. The molecule has 0 saturated heterocycles. The van der Waals surface area contributed by atoms with E-state index in [1.54, 1.807) is 24.4 Å². The van der Waals surface area contributed by atoms with Crippen LogP contribution < -0.4 is 5.32 Å². The second-order valence-electron chi connectivity index (χ2n) is 5.95. The Labute approximate surface area is 163 Å². The highest BCUT2D eigenvalue weighted by Crippen LogP contribution is 2.21. The Morgan fingerprint density at radius 2 is 1.83 bits per heavy atom.